The summed E-state index contributed by atoms with van der Waals surface area (Å²) >= 11 is 0. The molecule has 2 aromatic rings. The SMILES string of the molecule is CC(CNn1cnc2c(N(C)C)ncnc21)OCP(=O)(O)O. The lowest BCUT2D eigenvalue weighted by molar-refractivity contribution is 0.0955. The molecule has 122 valence electrons. The van der Waals surface area contributed by atoms with E-state index >= 15 is 0 Å². The first-order valence-electron chi connectivity index (χ1n) is 6.53. The predicted octanol–water partition coefficient (Wildman–Crippen LogP) is -0.0239. The minimum Gasteiger partial charge on any atom is -0.364 e. The number of fused-ring (bicyclic) bond motifs is 1. The molecule has 0 bridgehead atoms. The number of hydrogen-bond acceptors (Lipinski definition) is 7. The molecule has 0 aliphatic heterocycles. The second kappa shape index (κ2) is 6.57. The summed E-state index contributed by atoms with van der Waals surface area (Å²) < 4.78 is 17.5. The molecule has 0 aliphatic carbocycles. The van der Waals surface area contributed by atoms with Gasteiger partial charge in [-0.15, -0.1) is 0 Å². The van der Waals surface area contributed by atoms with Crippen molar-refractivity contribution in [3.05, 3.63) is 12.7 Å². The van der Waals surface area contributed by atoms with Gasteiger partial charge in [-0.25, -0.2) is 19.6 Å². The van der Waals surface area contributed by atoms with Gasteiger partial charge in [0.25, 0.3) is 0 Å². The van der Waals surface area contributed by atoms with Crippen LogP contribution in [0, 0.1) is 0 Å². The highest BCUT2D eigenvalue weighted by Gasteiger charge is 2.16. The van der Waals surface area contributed by atoms with Crippen molar-refractivity contribution >= 4 is 24.6 Å². The summed E-state index contributed by atoms with van der Waals surface area (Å²) in [5.41, 5.74) is 4.31. The van der Waals surface area contributed by atoms with Crippen LogP contribution in [-0.2, 0) is 9.30 Å². The Labute approximate surface area is 127 Å². The van der Waals surface area contributed by atoms with Crippen molar-refractivity contribution in [2.45, 2.75) is 13.0 Å². The van der Waals surface area contributed by atoms with Crippen molar-refractivity contribution in [1.82, 2.24) is 19.6 Å². The van der Waals surface area contributed by atoms with Crippen LogP contribution in [0.3, 0.4) is 0 Å². The number of rotatable bonds is 7. The smallest absolute Gasteiger partial charge is 0.350 e. The summed E-state index contributed by atoms with van der Waals surface area (Å²) in [6.07, 6.45) is 2.03. The van der Waals surface area contributed by atoms with Gasteiger partial charge in [-0.1, -0.05) is 0 Å². The zero-order chi connectivity index (χ0) is 16.3. The molecule has 2 heterocycles. The highest BCUT2D eigenvalue weighted by atomic mass is 31.2. The molecule has 11 heteroatoms. The van der Waals surface area contributed by atoms with Gasteiger partial charge in [0.15, 0.2) is 17.0 Å². The van der Waals surface area contributed by atoms with E-state index < -0.39 is 13.9 Å². The summed E-state index contributed by atoms with van der Waals surface area (Å²) in [4.78, 5) is 32.0. The topological polar surface area (TPSA) is 126 Å². The van der Waals surface area contributed by atoms with E-state index in [-0.39, 0.29) is 6.10 Å². The van der Waals surface area contributed by atoms with Crippen molar-refractivity contribution in [2.24, 2.45) is 0 Å². The Morgan fingerprint density at radius 1 is 1.41 bits per heavy atom. The van der Waals surface area contributed by atoms with E-state index in [1.54, 1.807) is 17.9 Å². The molecule has 0 saturated carbocycles. The lowest BCUT2D eigenvalue weighted by Gasteiger charge is -2.16. The monoisotopic (exact) mass is 330 g/mol. The summed E-state index contributed by atoms with van der Waals surface area (Å²) in [5, 5.41) is 0. The van der Waals surface area contributed by atoms with E-state index in [0.29, 0.717) is 23.5 Å². The highest BCUT2D eigenvalue weighted by molar-refractivity contribution is 7.51. The second-order valence-electron chi connectivity index (χ2n) is 5.01. The minimum atomic E-state index is -4.16. The Bertz CT molecular complexity index is 684. The number of nitrogens with one attached hydrogen (secondary N) is 1. The zero-order valence-electron chi connectivity index (χ0n) is 12.5. The van der Waals surface area contributed by atoms with Gasteiger partial charge in [0.2, 0.25) is 0 Å². The van der Waals surface area contributed by atoms with Crippen LogP contribution in [0.5, 0.6) is 0 Å². The standard InChI is InChI=1S/C11H19N6O4P/c1-8(21-7-22(18,19)20)4-15-17-6-14-9-10(16(2)3)12-5-13-11(9)17/h5-6,8,15H,4,7H2,1-3H3,(H2,18,19,20). The van der Waals surface area contributed by atoms with Crippen LogP contribution < -0.4 is 10.3 Å². The third-order valence-electron chi connectivity index (χ3n) is 2.81. The highest BCUT2D eigenvalue weighted by Crippen LogP contribution is 2.34. The Hall–Kier alpha value is -1.74. The number of hydrogen-bond donors (Lipinski definition) is 3. The maximum Gasteiger partial charge on any atom is 0.350 e. The molecule has 0 fully saturated rings. The fourth-order valence-corrected chi connectivity index (χ4v) is 2.22. The van der Waals surface area contributed by atoms with Gasteiger partial charge in [0.05, 0.1) is 12.6 Å². The zero-order valence-corrected chi connectivity index (χ0v) is 13.4. The van der Waals surface area contributed by atoms with Crippen molar-refractivity contribution in [3.63, 3.8) is 0 Å². The van der Waals surface area contributed by atoms with Gasteiger partial charge < -0.3 is 24.8 Å². The van der Waals surface area contributed by atoms with E-state index in [1.807, 2.05) is 19.0 Å². The molecule has 10 nitrogen and oxygen atoms in total. The van der Waals surface area contributed by atoms with Gasteiger partial charge in [-0.2, -0.15) is 0 Å². The van der Waals surface area contributed by atoms with Gasteiger partial charge in [0, 0.05) is 14.1 Å². The van der Waals surface area contributed by atoms with Crippen LogP contribution in [0.25, 0.3) is 11.2 Å². The summed E-state index contributed by atoms with van der Waals surface area (Å²) in [6.45, 7) is 2.05. The molecule has 1 atom stereocenters. The quantitative estimate of drug-likeness (QED) is 0.600. The van der Waals surface area contributed by atoms with Crippen LogP contribution in [-0.4, -0.2) is 62.5 Å². The third-order valence-corrected chi connectivity index (χ3v) is 3.30. The van der Waals surface area contributed by atoms with Gasteiger partial charge in [-0.3, -0.25) is 4.57 Å². The van der Waals surface area contributed by atoms with E-state index in [0.717, 1.165) is 0 Å². The normalized spacial score (nSPS) is 13.3. The maximum absolute atomic E-state index is 10.8. The van der Waals surface area contributed by atoms with Crippen LogP contribution in [0.4, 0.5) is 5.82 Å². The molecule has 2 aromatic heterocycles. The van der Waals surface area contributed by atoms with Crippen molar-refractivity contribution < 1.29 is 19.1 Å². The molecule has 0 amide bonds. The average Bonchev–Trinajstić information content (AvgIpc) is 2.85. The van der Waals surface area contributed by atoms with Crippen LogP contribution in [0.1, 0.15) is 6.92 Å². The molecule has 2 rings (SSSR count). The second-order valence-corrected chi connectivity index (χ2v) is 6.60. The molecular weight excluding hydrogens is 311 g/mol. The molecular formula is C11H19N6O4P. The van der Waals surface area contributed by atoms with Crippen molar-refractivity contribution in [2.75, 3.05) is 37.3 Å². The van der Waals surface area contributed by atoms with Crippen LogP contribution >= 0.6 is 7.60 Å². The molecule has 1 unspecified atom stereocenters. The van der Waals surface area contributed by atoms with Crippen molar-refractivity contribution in [3.8, 4) is 0 Å². The molecule has 0 aliphatic rings. The Morgan fingerprint density at radius 3 is 2.77 bits per heavy atom. The third kappa shape index (κ3) is 4.14. The van der Waals surface area contributed by atoms with E-state index in [1.165, 1.54) is 6.33 Å². The molecule has 0 saturated heterocycles. The molecule has 22 heavy (non-hydrogen) atoms. The molecule has 0 spiro atoms. The lowest BCUT2D eigenvalue weighted by atomic mass is 10.4. The van der Waals surface area contributed by atoms with Crippen LogP contribution in [0.2, 0.25) is 0 Å². The Morgan fingerprint density at radius 2 is 2.14 bits per heavy atom. The van der Waals surface area contributed by atoms with Gasteiger partial charge in [-0.05, 0) is 6.92 Å². The van der Waals surface area contributed by atoms with Gasteiger partial charge >= 0.3 is 7.60 Å². The number of aromatic nitrogens is 4. The van der Waals surface area contributed by atoms with E-state index in [2.05, 4.69) is 20.4 Å². The van der Waals surface area contributed by atoms with E-state index in [4.69, 9.17) is 14.5 Å². The number of ether oxygens (including phenoxy) is 1. The molecule has 3 N–H and O–H groups in total. The van der Waals surface area contributed by atoms with E-state index in [9.17, 15) is 4.57 Å². The fourth-order valence-electron chi connectivity index (χ4n) is 1.78. The van der Waals surface area contributed by atoms with Gasteiger partial charge in [0.1, 0.15) is 19.0 Å². The Balaban J connectivity index is 2.03. The molecule has 0 aromatic carbocycles. The largest absolute Gasteiger partial charge is 0.364 e. The minimum absolute atomic E-state index is 0.340. The maximum atomic E-state index is 10.8. The predicted molar refractivity (Wildman–Crippen MR) is 81.3 cm³/mol. The average molecular weight is 330 g/mol. The molecule has 0 radical (unpaired) electrons. The first-order valence-corrected chi connectivity index (χ1v) is 8.33. The number of nitrogens with zero attached hydrogens (tertiary/aromatic N) is 5. The fraction of sp³-hybridized carbons (Fsp3) is 0.545. The first kappa shape index (κ1) is 16.6. The summed E-state index contributed by atoms with van der Waals surface area (Å²) in [7, 11) is -0.421. The number of anilines is 1. The lowest BCUT2D eigenvalue weighted by Crippen LogP contribution is -2.26. The number of imidazole rings is 1. The van der Waals surface area contributed by atoms with Crippen molar-refractivity contribution in [1.29, 1.82) is 0 Å². The first-order chi connectivity index (χ1) is 10.3. The summed E-state index contributed by atoms with van der Waals surface area (Å²) in [5.74, 6) is 0.705. The summed E-state index contributed by atoms with van der Waals surface area (Å²) in [6, 6.07) is 0. The van der Waals surface area contributed by atoms with Crippen LogP contribution in [0.15, 0.2) is 12.7 Å². The Kier molecular flexibility index (Phi) is 4.97.